The molecule has 0 amide bonds. The average molecular weight is 320 g/mol. The van der Waals surface area contributed by atoms with Gasteiger partial charge in [-0.15, -0.1) is 0 Å². The Morgan fingerprint density at radius 1 is 1.26 bits per heavy atom. The number of hydrogen-bond acceptors (Lipinski definition) is 4. The highest BCUT2D eigenvalue weighted by molar-refractivity contribution is 5.77. The summed E-state index contributed by atoms with van der Waals surface area (Å²) in [5, 5.41) is 0. The summed E-state index contributed by atoms with van der Waals surface area (Å²) in [6, 6.07) is 0. The van der Waals surface area contributed by atoms with Gasteiger partial charge in [-0.3, -0.25) is 9.59 Å². The van der Waals surface area contributed by atoms with Crippen LogP contribution in [0.5, 0.6) is 0 Å². The molecule has 4 heteroatoms. The molecule has 0 N–H and O–H groups in total. The first-order valence-electron chi connectivity index (χ1n) is 9.42. The minimum atomic E-state index is -0.178. The van der Waals surface area contributed by atoms with Gasteiger partial charge in [0.15, 0.2) is 0 Å². The smallest absolute Gasteiger partial charge is 0.309 e. The molecule has 1 saturated heterocycles. The molecule has 9 unspecified atom stereocenters. The van der Waals surface area contributed by atoms with Crippen molar-refractivity contribution in [1.82, 2.24) is 0 Å². The first-order chi connectivity index (χ1) is 11.0. The maximum absolute atomic E-state index is 12.8. The molecular weight excluding hydrogens is 292 g/mol. The van der Waals surface area contributed by atoms with Crippen LogP contribution in [0.3, 0.4) is 0 Å². The number of fused-ring (bicyclic) bond motifs is 1. The molecule has 1 aliphatic heterocycles. The Bertz CT molecular complexity index is 515. The molecule has 1 heterocycles. The van der Waals surface area contributed by atoms with Crippen molar-refractivity contribution in [1.29, 1.82) is 0 Å². The van der Waals surface area contributed by atoms with Gasteiger partial charge in [-0.05, 0) is 43.4 Å². The third-order valence-electron chi connectivity index (χ3n) is 7.46. The lowest BCUT2D eigenvalue weighted by atomic mass is 9.67. The molecule has 3 aliphatic carbocycles. The van der Waals surface area contributed by atoms with Crippen LogP contribution in [-0.4, -0.2) is 24.1 Å². The van der Waals surface area contributed by atoms with Crippen molar-refractivity contribution in [2.24, 2.45) is 41.4 Å². The van der Waals surface area contributed by atoms with Crippen LogP contribution in [0.15, 0.2) is 0 Å². The van der Waals surface area contributed by atoms with E-state index in [-0.39, 0.29) is 36.0 Å². The average Bonchev–Trinajstić information content (AvgIpc) is 3.14. The fourth-order valence-electron chi connectivity index (χ4n) is 5.94. The molecule has 23 heavy (non-hydrogen) atoms. The van der Waals surface area contributed by atoms with Gasteiger partial charge in [0.05, 0.1) is 11.8 Å². The van der Waals surface area contributed by atoms with Crippen LogP contribution >= 0.6 is 0 Å². The van der Waals surface area contributed by atoms with Crippen molar-refractivity contribution in [3.63, 3.8) is 0 Å². The highest BCUT2D eigenvalue weighted by Gasteiger charge is 2.63. The lowest BCUT2D eigenvalue weighted by Crippen LogP contribution is -2.42. The molecule has 4 aliphatic rings. The maximum Gasteiger partial charge on any atom is 0.309 e. The zero-order chi connectivity index (χ0) is 16.3. The zero-order valence-corrected chi connectivity index (χ0v) is 14.4. The molecule has 3 saturated carbocycles. The van der Waals surface area contributed by atoms with Crippen LogP contribution in [0, 0.1) is 41.4 Å². The van der Waals surface area contributed by atoms with Crippen LogP contribution in [0.4, 0.5) is 0 Å². The fourth-order valence-corrected chi connectivity index (χ4v) is 5.94. The molecule has 0 aromatic heterocycles. The van der Waals surface area contributed by atoms with E-state index >= 15 is 0 Å². The van der Waals surface area contributed by atoms with E-state index in [0.29, 0.717) is 29.6 Å². The Kier molecular flexibility index (Phi) is 3.69. The molecule has 0 radical (unpaired) electrons. The quantitative estimate of drug-likeness (QED) is 0.749. The summed E-state index contributed by atoms with van der Waals surface area (Å²) in [5.74, 6) is 2.33. The summed E-state index contributed by atoms with van der Waals surface area (Å²) >= 11 is 0. The summed E-state index contributed by atoms with van der Waals surface area (Å²) in [6.45, 7) is 6.75. The largest absolute Gasteiger partial charge is 0.458 e. The first-order valence-corrected chi connectivity index (χ1v) is 9.42. The number of hydrogen-bond donors (Lipinski definition) is 0. The Hall–Kier alpha value is -1.06. The van der Waals surface area contributed by atoms with Crippen LogP contribution < -0.4 is 0 Å². The second-order valence-electron chi connectivity index (χ2n) is 8.40. The molecule has 4 rings (SSSR count). The Balaban J connectivity index is 1.45. The second kappa shape index (κ2) is 5.49. The highest BCUT2D eigenvalue weighted by Crippen LogP contribution is 2.55. The van der Waals surface area contributed by atoms with Gasteiger partial charge in [-0.1, -0.05) is 27.2 Å². The molecule has 2 bridgehead atoms. The van der Waals surface area contributed by atoms with Gasteiger partial charge in [-0.2, -0.15) is 0 Å². The highest BCUT2D eigenvalue weighted by atomic mass is 16.6. The summed E-state index contributed by atoms with van der Waals surface area (Å²) in [5.41, 5.74) is 0. The number of ether oxygens (including phenoxy) is 2. The van der Waals surface area contributed by atoms with Gasteiger partial charge in [0, 0.05) is 11.8 Å². The number of esters is 2. The standard InChI is InChI=1S/C19H28O4/c1-4-12-10(3)9(2)5-6-13(12)18(20)22-16-11-7-14-15(8-11)19(21)23-17(14)16/h9-17H,4-8H2,1-3H3. The minimum Gasteiger partial charge on any atom is -0.458 e. The number of rotatable bonds is 3. The maximum atomic E-state index is 12.8. The van der Waals surface area contributed by atoms with E-state index in [1.807, 2.05) is 0 Å². The molecule has 4 fully saturated rings. The van der Waals surface area contributed by atoms with Gasteiger partial charge < -0.3 is 9.47 Å². The van der Waals surface area contributed by atoms with E-state index in [4.69, 9.17) is 9.47 Å². The van der Waals surface area contributed by atoms with Crippen molar-refractivity contribution in [3.05, 3.63) is 0 Å². The van der Waals surface area contributed by atoms with Crippen LogP contribution in [-0.2, 0) is 19.1 Å². The summed E-state index contributed by atoms with van der Waals surface area (Å²) in [4.78, 5) is 24.7. The van der Waals surface area contributed by atoms with E-state index in [1.54, 1.807) is 0 Å². The summed E-state index contributed by atoms with van der Waals surface area (Å²) in [6.07, 6.45) is 4.59. The Morgan fingerprint density at radius 2 is 2.04 bits per heavy atom. The number of carbonyl (C=O) groups is 2. The van der Waals surface area contributed by atoms with E-state index in [1.165, 1.54) is 0 Å². The minimum absolute atomic E-state index is 0.0261. The van der Waals surface area contributed by atoms with Crippen LogP contribution in [0.25, 0.3) is 0 Å². The fraction of sp³-hybridized carbons (Fsp3) is 0.895. The molecule has 0 aromatic carbocycles. The monoisotopic (exact) mass is 320 g/mol. The van der Waals surface area contributed by atoms with E-state index in [0.717, 1.165) is 32.1 Å². The van der Waals surface area contributed by atoms with Crippen LogP contribution in [0.1, 0.15) is 52.9 Å². The van der Waals surface area contributed by atoms with Crippen molar-refractivity contribution in [2.45, 2.75) is 65.1 Å². The molecule has 9 atom stereocenters. The predicted octanol–water partition coefficient (Wildman–Crippen LogP) is 3.19. The van der Waals surface area contributed by atoms with Crippen molar-refractivity contribution in [3.8, 4) is 0 Å². The Morgan fingerprint density at radius 3 is 2.78 bits per heavy atom. The lowest BCUT2D eigenvalue weighted by molar-refractivity contribution is -0.170. The first kappa shape index (κ1) is 15.5. The van der Waals surface area contributed by atoms with Crippen molar-refractivity contribution in [2.75, 3.05) is 0 Å². The summed E-state index contributed by atoms with van der Waals surface area (Å²) in [7, 11) is 0. The van der Waals surface area contributed by atoms with Crippen LogP contribution in [0.2, 0.25) is 0 Å². The van der Waals surface area contributed by atoms with Gasteiger partial charge in [0.2, 0.25) is 0 Å². The number of carbonyl (C=O) groups excluding carboxylic acids is 2. The molecule has 4 nitrogen and oxygen atoms in total. The third-order valence-corrected chi connectivity index (χ3v) is 7.46. The lowest BCUT2D eigenvalue weighted by Gasteiger charge is -2.39. The van der Waals surface area contributed by atoms with E-state index in [9.17, 15) is 9.59 Å². The molecule has 128 valence electrons. The van der Waals surface area contributed by atoms with Gasteiger partial charge in [0.1, 0.15) is 12.2 Å². The second-order valence-corrected chi connectivity index (χ2v) is 8.40. The topological polar surface area (TPSA) is 52.6 Å². The van der Waals surface area contributed by atoms with Crippen molar-refractivity contribution >= 4 is 11.9 Å². The zero-order valence-electron chi connectivity index (χ0n) is 14.4. The molecule has 0 spiro atoms. The van der Waals surface area contributed by atoms with Crippen molar-refractivity contribution < 1.29 is 19.1 Å². The van der Waals surface area contributed by atoms with E-state index in [2.05, 4.69) is 20.8 Å². The van der Waals surface area contributed by atoms with E-state index < -0.39 is 0 Å². The SMILES string of the molecule is CCC1C(C(=O)OC2C3CC4C(=O)OC2C4C3)CCC(C)C1C. The summed E-state index contributed by atoms with van der Waals surface area (Å²) < 4.78 is 11.5. The van der Waals surface area contributed by atoms with Gasteiger partial charge >= 0.3 is 11.9 Å². The molecule has 0 aromatic rings. The molecular formula is C19H28O4. The van der Waals surface area contributed by atoms with Gasteiger partial charge in [-0.25, -0.2) is 0 Å². The van der Waals surface area contributed by atoms with Gasteiger partial charge in [0.25, 0.3) is 0 Å². The predicted molar refractivity (Wildman–Crippen MR) is 84.3 cm³/mol. The normalized spacial score (nSPS) is 50.9. The third kappa shape index (κ3) is 2.24. The Labute approximate surface area is 138 Å².